The van der Waals surface area contributed by atoms with E-state index in [1.165, 1.54) is 6.26 Å². The van der Waals surface area contributed by atoms with Crippen molar-refractivity contribution in [1.29, 1.82) is 5.26 Å². The van der Waals surface area contributed by atoms with E-state index in [2.05, 4.69) is 15.6 Å². The Bertz CT molecular complexity index is 779. The Labute approximate surface area is 116 Å². The molecule has 0 bridgehead atoms. The molecule has 2 heterocycles. The number of hydrogen-bond donors (Lipinski definition) is 1. The van der Waals surface area contributed by atoms with Gasteiger partial charge in [0.2, 0.25) is 0 Å². The SMILES string of the molecule is N#CCCCn1c(-c2cocc2N)nc2ccccc21. The van der Waals surface area contributed by atoms with Gasteiger partial charge < -0.3 is 14.7 Å². The maximum atomic E-state index is 8.70. The molecule has 3 rings (SSSR count). The molecule has 0 spiro atoms. The highest BCUT2D eigenvalue weighted by Gasteiger charge is 2.15. The molecule has 0 saturated carbocycles. The second-order valence-electron chi connectivity index (χ2n) is 4.58. The highest BCUT2D eigenvalue weighted by Crippen LogP contribution is 2.29. The first-order chi connectivity index (χ1) is 9.81. The van der Waals surface area contributed by atoms with Crippen LogP contribution in [0.2, 0.25) is 0 Å². The Kier molecular flexibility index (Phi) is 3.13. The quantitative estimate of drug-likeness (QED) is 0.735. The van der Waals surface area contributed by atoms with Gasteiger partial charge in [-0.2, -0.15) is 5.26 Å². The zero-order valence-corrected chi connectivity index (χ0v) is 10.9. The predicted molar refractivity (Wildman–Crippen MR) is 76.7 cm³/mol. The number of anilines is 1. The average molecular weight is 266 g/mol. The van der Waals surface area contributed by atoms with E-state index in [1.54, 1.807) is 6.26 Å². The van der Waals surface area contributed by atoms with Crippen LogP contribution < -0.4 is 5.73 Å². The second kappa shape index (κ2) is 5.10. The molecule has 5 nitrogen and oxygen atoms in total. The molecule has 20 heavy (non-hydrogen) atoms. The number of unbranched alkanes of at least 4 members (excludes halogenated alkanes) is 1. The smallest absolute Gasteiger partial charge is 0.146 e. The van der Waals surface area contributed by atoms with Gasteiger partial charge in [0.25, 0.3) is 0 Å². The molecule has 0 fully saturated rings. The topological polar surface area (TPSA) is 80.8 Å². The fourth-order valence-electron chi connectivity index (χ4n) is 2.31. The van der Waals surface area contributed by atoms with Crippen LogP contribution in [-0.4, -0.2) is 9.55 Å². The maximum absolute atomic E-state index is 8.70. The van der Waals surface area contributed by atoms with Crippen LogP contribution in [0.3, 0.4) is 0 Å². The number of furan rings is 1. The van der Waals surface area contributed by atoms with E-state index in [9.17, 15) is 0 Å². The summed E-state index contributed by atoms with van der Waals surface area (Å²) in [6, 6.07) is 10.1. The van der Waals surface area contributed by atoms with E-state index >= 15 is 0 Å². The molecule has 0 aliphatic carbocycles. The number of hydrogen-bond acceptors (Lipinski definition) is 4. The minimum absolute atomic E-state index is 0.521. The number of imidazole rings is 1. The Morgan fingerprint density at radius 1 is 1.30 bits per heavy atom. The molecule has 1 aromatic carbocycles. The fraction of sp³-hybridized carbons (Fsp3) is 0.200. The van der Waals surface area contributed by atoms with Crippen LogP contribution in [0.5, 0.6) is 0 Å². The third-order valence-corrected chi connectivity index (χ3v) is 3.26. The number of nitrogens with two attached hydrogens (primary N) is 1. The number of nitriles is 1. The van der Waals surface area contributed by atoms with Crippen LogP contribution in [0.25, 0.3) is 22.4 Å². The first-order valence-corrected chi connectivity index (χ1v) is 6.45. The van der Waals surface area contributed by atoms with Gasteiger partial charge in [-0.25, -0.2) is 4.98 Å². The Hall–Kier alpha value is -2.74. The highest BCUT2D eigenvalue weighted by molar-refractivity contribution is 5.83. The van der Waals surface area contributed by atoms with E-state index in [0.717, 1.165) is 35.4 Å². The molecule has 2 aromatic heterocycles. The average Bonchev–Trinajstić information content (AvgIpc) is 3.03. The Balaban J connectivity index is 2.13. The summed E-state index contributed by atoms with van der Waals surface area (Å²) in [6.07, 6.45) is 4.42. The third kappa shape index (κ3) is 2.01. The van der Waals surface area contributed by atoms with E-state index in [4.69, 9.17) is 15.4 Å². The number of para-hydroxylation sites is 2. The molecule has 0 aliphatic rings. The number of aryl methyl sites for hydroxylation is 1. The van der Waals surface area contributed by atoms with Gasteiger partial charge in [0.15, 0.2) is 0 Å². The third-order valence-electron chi connectivity index (χ3n) is 3.26. The minimum Gasteiger partial charge on any atom is -0.470 e. The van der Waals surface area contributed by atoms with E-state index in [-0.39, 0.29) is 0 Å². The first-order valence-electron chi connectivity index (χ1n) is 6.45. The first kappa shape index (κ1) is 12.3. The summed E-state index contributed by atoms with van der Waals surface area (Å²) in [6.45, 7) is 0.730. The van der Waals surface area contributed by atoms with Crippen molar-refractivity contribution in [3.8, 4) is 17.5 Å². The lowest BCUT2D eigenvalue weighted by Gasteiger charge is -2.07. The highest BCUT2D eigenvalue weighted by atomic mass is 16.3. The summed E-state index contributed by atoms with van der Waals surface area (Å²) in [5.74, 6) is 0.787. The molecule has 3 aromatic rings. The molecule has 100 valence electrons. The number of nitrogen functional groups attached to an aromatic ring is 1. The van der Waals surface area contributed by atoms with Gasteiger partial charge in [-0.3, -0.25) is 0 Å². The van der Waals surface area contributed by atoms with Crippen LogP contribution in [0.1, 0.15) is 12.8 Å². The van der Waals surface area contributed by atoms with Crippen LogP contribution in [0.4, 0.5) is 5.69 Å². The molecule has 0 unspecified atom stereocenters. The number of fused-ring (bicyclic) bond motifs is 1. The zero-order chi connectivity index (χ0) is 13.9. The van der Waals surface area contributed by atoms with E-state index < -0.39 is 0 Å². The normalized spacial score (nSPS) is 10.8. The van der Waals surface area contributed by atoms with Gasteiger partial charge in [0, 0.05) is 13.0 Å². The summed E-state index contributed by atoms with van der Waals surface area (Å²) in [5, 5.41) is 8.70. The zero-order valence-electron chi connectivity index (χ0n) is 10.9. The van der Waals surface area contributed by atoms with Crippen molar-refractivity contribution in [3.63, 3.8) is 0 Å². The lowest BCUT2D eigenvalue weighted by atomic mass is 10.2. The minimum atomic E-state index is 0.521. The van der Waals surface area contributed by atoms with Gasteiger partial charge >= 0.3 is 0 Å². The van der Waals surface area contributed by atoms with Crippen molar-refractivity contribution in [2.24, 2.45) is 0 Å². The van der Waals surface area contributed by atoms with Crippen LogP contribution >= 0.6 is 0 Å². The van der Waals surface area contributed by atoms with E-state index in [1.807, 2.05) is 24.3 Å². The summed E-state index contributed by atoms with van der Waals surface area (Å²) in [4.78, 5) is 4.63. The van der Waals surface area contributed by atoms with Crippen molar-refractivity contribution >= 4 is 16.7 Å². The van der Waals surface area contributed by atoms with E-state index in [0.29, 0.717) is 12.1 Å². The van der Waals surface area contributed by atoms with Crippen molar-refractivity contribution < 1.29 is 4.42 Å². The largest absolute Gasteiger partial charge is 0.470 e. The fourth-order valence-corrected chi connectivity index (χ4v) is 2.31. The van der Waals surface area contributed by atoms with Gasteiger partial charge in [0.05, 0.1) is 28.4 Å². The van der Waals surface area contributed by atoms with Crippen molar-refractivity contribution in [2.75, 3.05) is 5.73 Å². The van der Waals surface area contributed by atoms with Gasteiger partial charge in [-0.1, -0.05) is 12.1 Å². The predicted octanol–water partition coefficient (Wildman–Crippen LogP) is 3.18. The maximum Gasteiger partial charge on any atom is 0.146 e. The summed E-state index contributed by atoms with van der Waals surface area (Å²) >= 11 is 0. The molecule has 0 aliphatic heterocycles. The van der Waals surface area contributed by atoms with Gasteiger partial charge in [-0.15, -0.1) is 0 Å². The van der Waals surface area contributed by atoms with Crippen molar-refractivity contribution in [3.05, 3.63) is 36.8 Å². The number of rotatable bonds is 4. The number of aromatic nitrogens is 2. The summed E-state index contributed by atoms with van der Waals surface area (Å²) < 4.78 is 7.24. The number of nitrogens with zero attached hydrogens (tertiary/aromatic N) is 3. The monoisotopic (exact) mass is 266 g/mol. The molecule has 2 N–H and O–H groups in total. The second-order valence-corrected chi connectivity index (χ2v) is 4.58. The standard InChI is InChI=1S/C15H14N4O/c16-7-3-4-8-19-14-6-2-1-5-13(14)18-15(19)11-9-20-10-12(11)17/h1-2,5-6,9-10H,3-4,8,17H2. The van der Waals surface area contributed by atoms with Crippen LogP contribution in [0.15, 0.2) is 41.2 Å². The van der Waals surface area contributed by atoms with Crippen LogP contribution in [-0.2, 0) is 6.54 Å². The van der Waals surface area contributed by atoms with Crippen LogP contribution in [0, 0.1) is 11.3 Å². The Morgan fingerprint density at radius 3 is 2.90 bits per heavy atom. The molecular formula is C15H14N4O. The molecule has 5 heteroatoms. The van der Waals surface area contributed by atoms with Gasteiger partial charge in [0.1, 0.15) is 18.4 Å². The lowest BCUT2D eigenvalue weighted by molar-refractivity contribution is 0.568. The molecule has 0 saturated heterocycles. The molecular weight excluding hydrogens is 252 g/mol. The molecule has 0 atom stereocenters. The molecule has 0 amide bonds. The summed E-state index contributed by atoms with van der Waals surface area (Å²) in [7, 11) is 0. The lowest BCUT2D eigenvalue weighted by Crippen LogP contribution is -2.01. The summed E-state index contributed by atoms with van der Waals surface area (Å²) in [5.41, 5.74) is 9.24. The number of benzene rings is 1. The van der Waals surface area contributed by atoms with Crippen molar-refractivity contribution in [2.45, 2.75) is 19.4 Å². The van der Waals surface area contributed by atoms with Gasteiger partial charge in [-0.05, 0) is 18.6 Å². The molecule has 0 radical (unpaired) electrons. The van der Waals surface area contributed by atoms with Crippen molar-refractivity contribution in [1.82, 2.24) is 9.55 Å². The Morgan fingerprint density at radius 2 is 2.15 bits per heavy atom.